The molecule has 1 unspecified atom stereocenters. The van der Waals surface area contributed by atoms with Crippen molar-refractivity contribution in [2.75, 3.05) is 13.1 Å². The summed E-state index contributed by atoms with van der Waals surface area (Å²) in [4.78, 5) is 3.74. The van der Waals surface area contributed by atoms with E-state index in [9.17, 15) is 18.3 Å². The highest BCUT2D eigenvalue weighted by Crippen LogP contribution is 2.57. The number of pyridine rings is 1. The zero-order valence-corrected chi connectivity index (χ0v) is 11.9. The lowest BCUT2D eigenvalue weighted by Crippen LogP contribution is -2.37. The van der Waals surface area contributed by atoms with E-state index in [1.807, 2.05) is 0 Å². The van der Waals surface area contributed by atoms with Crippen LogP contribution in [-0.2, 0) is 0 Å². The van der Waals surface area contributed by atoms with Crippen LogP contribution >= 0.6 is 23.2 Å². The molecule has 0 amide bonds. The molecule has 0 bridgehead atoms. The van der Waals surface area contributed by atoms with Gasteiger partial charge in [0.2, 0.25) is 0 Å². The maximum Gasteiger partial charge on any atom is 0.395 e. The lowest BCUT2D eigenvalue weighted by Gasteiger charge is -2.21. The Labute approximate surface area is 124 Å². The SMILES string of the molecule is OC(CNCC1(C(F)(F)F)CC1)c1c(Cl)cncc1Cl. The van der Waals surface area contributed by atoms with E-state index in [2.05, 4.69) is 10.3 Å². The molecule has 112 valence electrons. The average Bonchev–Trinajstić information content (AvgIpc) is 3.09. The van der Waals surface area contributed by atoms with Crippen LogP contribution in [0.5, 0.6) is 0 Å². The molecule has 0 saturated heterocycles. The smallest absolute Gasteiger partial charge is 0.387 e. The van der Waals surface area contributed by atoms with E-state index >= 15 is 0 Å². The largest absolute Gasteiger partial charge is 0.395 e. The van der Waals surface area contributed by atoms with Gasteiger partial charge in [0, 0.05) is 31.0 Å². The highest BCUT2D eigenvalue weighted by atomic mass is 35.5. The van der Waals surface area contributed by atoms with Gasteiger partial charge >= 0.3 is 6.18 Å². The molecule has 2 N–H and O–H groups in total. The van der Waals surface area contributed by atoms with Crippen molar-refractivity contribution in [2.45, 2.75) is 25.1 Å². The fourth-order valence-corrected chi connectivity index (χ4v) is 2.62. The number of alkyl halides is 3. The molecule has 1 aliphatic rings. The van der Waals surface area contributed by atoms with Crippen molar-refractivity contribution < 1.29 is 18.3 Å². The third kappa shape index (κ3) is 3.19. The Morgan fingerprint density at radius 3 is 2.30 bits per heavy atom. The summed E-state index contributed by atoms with van der Waals surface area (Å²) in [6, 6.07) is 0. The molecule has 2 rings (SSSR count). The van der Waals surface area contributed by atoms with Crippen LogP contribution in [0, 0.1) is 5.41 Å². The minimum absolute atomic E-state index is 0.0543. The minimum atomic E-state index is -4.21. The minimum Gasteiger partial charge on any atom is -0.387 e. The van der Waals surface area contributed by atoms with E-state index in [-0.39, 0.29) is 41.5 Å². The molecule has 0 aromatic carbocycles. The van der Waals surface area contributed by atoms with Crippen molar-refractivity contribution in [1.82, 2.24) is 10.3 Å². The number of aliphatic hydroxyl groups excluding tert-OH is 1. The monoisotopic (exact) mass is 328 g/mol. The Balaban J connectivity index is 1.92. The van der Waals surface area contributed by atoms with Gasteiger partial charge in [0.25, 0.3) is 0 Å². The summed E-state index contributed by atoms with van der Waals surface area (Å²) >= 11 is 11.7. The van der Waals surface area contributed by atoms with Crippen molar-refractivity contribution in [3.8, 4) is 0 Å². The van der Waals surface area contributed by atoms with Crippen LogP contribution in [0.25, 0.3) is 0 Å². The fourth-order valence-electron chi connectivity index (χ4n) is 2.00. The first-order chi connectivity index (χ1) is 9.27. The molecule has 1 aliphatic carbocycles. The first-order valence-corrected chi connectivity index (χ1v) is 6.77. The second-order valence-electron chi connectivity index (χ2n) is 4.94. The lowest BCUT2D eigenvalue weighted by atomic mass is 10.1. The Hall–Kier alpha value is -0.560. The number of hydrogen-bond acceptors (Lipinski definition) is 3. The Kier molecular flexibility index (Phi) is 4.49. The first kappa shape index (κ1) is 15.8. The first-order valence-electron chi connectivity index (χ1n) is 6.01. The van der Waals surface area contributed by atoms with Gasteiger partial charge in [-0.2, -0.15) is 13.2 Å². The molecule has 0 radical (unpaired) electrons. The Morgan fingerprint density at radius 1 is 1.30 bits per heavy atom. The molecule has 0 spiro atoms. The number of nitrogens with zero attached hydrogens (tertiary/aromatic N) is 1. The summed E-state index contributed by atoms with van der Waals surface area (Å²) in [5.41, 5.74) is -1.37. The summed E-state index contributed by atoms with van der Waals surface area (Å²) in [6.45, 7) is -0.269. The van der Waals surface area contributed by atoms with E-state index in [0.717, 1.165) is 0 Å². The lowest BCUT2D eigenvalue weighted by molar-refractivity contribution is -0.185. The van der Waals surface area contributed by atoms with E-state index < -0.39 is 17.7 Å². The second-order valence-corrected chi connectivity index (χ2v) is 5.76. The highest BCUT2D eigenvalue weighted by Gasteiger charge is 2.62. The molecule has 1 aromatic rings. The third-order valence-corrected chi connectivity index (χ3v) is 4.08. The quantitative estimate of drug-likeness (QED) is 0.871. The number of rotatable bonds is 5. The normalized spacial score (nSPS) is 18.9. The molecule has 0 aliphatic heterocycles. The number of halogens is 5. The van der Waals surface area contributed by atoms with E-state index in [0.29, 0.717) is 0 Å². The van der Waals surface area contributed by atoms with Gasteiger partial charge in [-0.25, -0.2) is 0 Å². The highest BCUT2D eigenvalue weighted by molar-refractivity contribution is 6.35. The van der Waals surface area contributed by atoms with Gasteiger partial charge < -0.3 is 10.4 Å². The standard InChI is InChI=1S/C12H13Cl2F3N2O/c13-7-3-18-4-8(14)10(7)9(20)5-19-6-11(1-2-11)12(15,16)17/h3-4,9,19-20H,1-2,5-6H2. The van der Waals surface area contributed by atoms with Gasteiger partial charge in [-0.3, -0.25) is 4.98 Å². The number of hydrogen-bond donors (Lipinski definition) is 2. The number of aromatic nitrogens is 1. The Morgan fingerprint density at radius 2 is 1.85 bits per heavy atom. The van der Waals surface area contributed by atoms with E-state index in [1.54, 1.807) is 0 Å². The van der Waals surface area contributed by atoms with Crippen molar-refractivity contribution in [2.24, 2.45) is 5.41 Å². The predicted octanol–water partition coefficient (Wildman–Crippen LogP) is 3.35. The summed E-state index contributed by atoms with van der Waals surface area (Å²) < 4.78 is 38.2. The second kappa shape index (κ2) is 5.67. The molecule has 1 saturated carbocycles. The van der Waals surface area contributed by atoms with Crippen LogP contribution in [0.2, 0.25) is 10.0 Å². The van der Waals surface area contributed by atoms with Gasteiger partial charge in [-0.15, -0.1) is 0 Å². The molecule has 1 aromatic heterocycles. The zero-order chi connectivity index (χ0) is 15.0. The van der Waals surface area contributed by atoms with Crippen LogP contribution < -0.4 is 5.32 Å². The molecule has 3 nitrogen and oxygen atoms in total. The zero-order valence-electron chi connectivity index (χ0n) is 10.3. The molecule has 20 heavy (non-hydrogen) atoms. The molecule has 1 atom stereocenters. The van der Waals surface area contributed by atoms with Crippen LogP contribution in [0.15, 0.2) is 12.4 Å². The molecule has 1 fully saturated rings. The number of aliphatic hydroxyl groups is 1. The van der Waals surface area contributed by atoms with Crippen LogP contribution in [0.3, 0.4) is 0 Å². The van der Waals surface area contributed by atoms with Crippen molar-refractivity contribution in [3.63, 3.8) is 0 Å². The van der Waals surface area contributed by atoms with Gasteiger partial charge in [0.15, 0.2) is 0 Å². The maximum absolute atomic E-state index is 12.7. The van der Waals surface area contributed by atoms with Gasteiger partial charge in [0.05, 0.1) is 21.6 Å². The maximum atomic E-state index is 12.7. The van der Waals surface area contributed by atoms with Crippen molar-refractivity contribution >= 4 is 23.2 Å². The van der Waals surface area contributed by atoms with Gasteiger partial charge in [0.1, 0.15) is 0 Å². The van der Waals surface area contributed by atoms with Crippen molar-refractivity contribution in [3.05, 3.63) is 28.0 Å². The fraction of sp³-hybridized carbons (Fsp3) is 0.583. The topological polar surface area (TPSA) is 45.1 Å². The number of nitrogens with one attached hydrogen (secondary N) is 1. The molecule has 8 heteroatoms. The summed E-state index contributed by atoms with van der Waals surface area (Å²) in [7, 11) is 0. The average molecular weight is 329 g/mol. The summed E-state index contributed by atoms with van der Waals surface area (Å²) in [5.74, 6) is 0. The molecular weight excluding hydrogens is 316 g/mol. The molecule has 1 heterocycles. The van der Waals surface area contributed by atoms with E-state index in [4.69, 9.17) is 23.2 Å². The van der Waals surface area contributed by atoms with Crippen molar-refractivity contribution in [1.29, 1.82) is 0 Å². The van der Waals surface area contributed by atoms with Crippen LogP contribution in [0.4, 0.5) is 13.2 Å². The Bertz CT molecular complexity index is 472. The third-order valence-electron chi connectivity index (χ3n) is 3.48. The van der Waals surface area contributed by atoms with Gasteiger partial charge in [-0.1, -0.05) is 23.2 Å². The predicted molar refractivity (Wildman–Crippen MR) is 69.8 cm³/mol. The summed E-state index contributed by atoms with van der Waals surface area (Å²) in [5, 5.41) is 13.0. The van der Waals surface area contributed by atoms with Crippen LogP contribution in [-0.4, -0.2) is 29.4 Å². The van der Waals surface area contributed by atoms with E-state index in [1.165, 1.54) is 12.4 Å². The summed E-state index contributed by atoms with van der Waals surface area (Å²) in [6.07, 6.45) is -2.40. The van der Waals surface area contributed by atoms with Crippen LogP contribution in [0.1, 0.15) is 24.5 Å². The molecular formula is C12H13Cl2F3N2O. The van der Waals surface area contributed by atoms with Gasteiger partial charge in [-0.05, 0) is 12.8 Å².